The molecule has 0 spiro atoms. The van der Waals surface area contributed by atoms with Crippen LogP contribution in [0, 0.1) is 6.57 Å². The normalized spacial score (nSPS) is 12.8. The highest BCUT2D eigenvalue weighted by molar-refractivity contribution is 5.94. The zero-order chi connectivity index (χ0) is 30.5. The predicted molar refractivity (Wildman–Crippen MR) is 183 cm³/mol. The van der Waals surface area contributed by atoms with Crippen molar-refractivity contribution in [1.82, 2.24) is 15.0 Å². The first-order chi connectivity index (χ1) is 22.0. The fraction of sp³-hybridized carbons (Fsp3) is 0.0732. The van der Waals surface area contributed by atoms with E-state index in [1.165, 1.54) is 22.1 Å². The molecule has 0 radical (unpaired) electrons. The standard InChI is InChI=1S/C41H28N4/c1-41(2)35-23-22-32(42-3)25-34(35)37-33(14-9-15-36(37)41)27-17-19-29(20-18-27)39-43-38(28-11-5-4-6-12-28)44-40(45-39)31-21-16-26-10-7-8-13-30(26)24-31/h4-25H,1-2H3. The van der Waals surface area contributed by atoms with Crippen molar-refractivity contribution in [3.05, 3.63) is 156 Å². The number of benzene rings is 6. The Morgan fingerprint density at radius 1 is 0.489 bits per heavy atom. The summed E-state index contributed by atoms with van der Waals surface area (Å²) in [7, 11) is 0. The second-order valence-electron chi connectivity index (χ2n) is 12.0. The Balaban J connectivity index is 1.24. The van der Waals surface area contributed by atoms with Gasteiger partial charge in [-0.1, -0.05) is 135 Å². The van der Waals surface area contributed by atoms with E-state index >= 15 is 0 Å². The van der Waals surface area contributed by atoms with Crippen molar-refractivity contribution in [2.24, 2.45) is 0 Å². The number of hydrogen-bond acceptors (Lipinski definition) is 3. The molecule has 7 aromatic rings. The molecule has 212 valence electrons. The van der Waals surface area contributed by atoms with E-state index in [0.717, 1.165) is 38.8 Å². The molecule has 0 saturated heterocycles. The van der Waals surface area contributed by atoms with E-state index in [-0.39, 0.29) is 5.41 Å². The second kappa shape index (κ2) is 10.4. The summed E-state index contributed by atoms with van der Waals surface area (Å²) in [6.45, 7) is 12.1. The number of fused-ring (bicyclic) bond motifs is 4. The molecule has 0 N–H and O–H groups in total. The first-order valence-electron chi connectivity index (χ1n) is 15.1. The van der Waals surface area contributed by atoms with Crippen molar-refractivity contribution in [2.45, 2.75) is 19.3 Å². The summed E-state index contributed by atoms with van der Waals surface area (Å²) >= 11 is 0. The van der Waals surface area contributed by atoms with Gasteiger partial charge in [-0.25, -0.2) is 19.8 Å². The average Bonchev–Trinajstić information content (AvgIpc) is 3.34. The maximum Gasteiger partial charge on any atom is 0.187 e. The van der Waals surface area contributed by atoms with Crippen LogP contribution in [0.2, 0.25) is 0 Å². The molecule has 8 rings (SSSR count). The maximum absolute atomic E-state index is 7.60. The molecule has 6 aromatic carbocycles. The second-order valence-corrected chi connectivity index (χ2v) is 12.0. The van der Waals surface area contributed by atoms with Crippen molar-refractivity contribution in [1.29, 1.82) is 0 Å². The molecule has 0 atom stereocenters. The Morgan fingerprint density at radius 3 is 1.84 bits per heavy atom. The van der Waals surface area contributed by atoms with Gasteiger partial charge in [0.2, 0.25) is 0 Å². The summed E-state index contributed by atoms with van der Waals surface area (Å²) in [6, 6.07) is 45.8. The molecular weight excluding hydrogens is 548 g/mol. The Morgan fingerprint density at radius 2 is 1.11 bits per heavy atom. The summed E-state index contributed by atoms with van der Waals surface area (Å²) in [5.41, 5.74) is 10.5. The summed E-state index contributed by atoms with van der Waals surface area (Å²) < 4.78 is 0. The van der Waals surface area contributed by atoms with Crippen LogP contribution < -0.4 is 0 Å². The van der Waals surface area contributed by atoms with Gasteiger partial charge in [0.15, 0.2) is 23.2 Å². The highest BCUT2D eigenvalue weighted by atomic mass is 15.0. The molecule has 0 bridgehead atoms. The number of aromatic nitrogens is 3. The summed E-state index contributed by atoms with van der Waals surface area (Å²) in [6.07, 6.45) is 0. The summed E-state index contributed by atoms with van der Waals surface area (Å²) in [4.78, 5) is 18.6. The first kappa shape index (κ1) is 26.7. The van der Waals surface area contributed by atoms with E-state index < -0.39 is 0 Å². The van der Waals surface area contributed by atoms with E-state index in [4.69, 9.17) is 21.5 Å². The van der Waals surface area contributed by atoms with Gasteiger partial charge in [0.25, 0.3) is 0 Å². The topological polar surface area (TPSA) is 43.0 Å². The minimum absolute atomic E-state index is 0.140. The van der Waals surface area contributed by atoms with Gasteiger partial charge >= 0.3 is 0 Å². The predicted octanol–water partition coefficient (Wildman–Crippen LogP) is 10.5. The Bertz CT molecular complexity index is 2300. The van der Waals surface area contributed by atoms with Gasteiger partial charge in [-0.3, -0.25) is 0 Å². The van der Waals surface area contributed by atoms with E-state index in [0.29, 0.717) is 23.2 Å². The largest absolute Gasteiger partial charge is 0.238 e. The molecule has 1 aromatic heterocycles. The van der Waals surface area contributed by atoms with Crippen LogP contribution in [0.25, 0.3) is 72.0 Å². The van der Waals surface area contributed by atoms with Crippen molar-refractivity contribution >= 4 is 16.5 Å². The molecule has 1 aliphatic rings. The molecular formula is C41H28N4. The molecule has 4 nitrogen and oxygen atoms in total. The van der Waals surface area contributed by atoms with Crippen molar-refractivity contribution in [3.63, 3.8) is 0 Å². The summed E-state index contributed by atoms with van der Waals surface area (Å²) in [5.74, 6) is 1.91. The molecule has 1 aliphatic carbocycles. The van der Waals surface area contributed by atoms with Gasteiger partial charge in [-0.15, -0.1) is 0 Å². The minimum Gasteiger partial charge on any atom is -0.238 e. The highest BCUT2D eigenvalue weighted by Crippen LogP contribution is 2.53. The average molecular weight is 577 g/mol. The lowest BCUT2D eigenvalue weighted by Crippen LogP contribution is -2.14. The fourth-order valence-electron chi connectivity index (χ4n) is 6.58. The van der Waals surface area contributed by atoms with E-state index in [9.17, 15) is 0 Å². The Hall–Kier alpha value is -5.92. The van der Waals surface area contributed by atoms with E-state index in [1.807, 2.05) is 54.6 Å². The quantitative estimate of drug-likeness (QED) is 0.196. The third kappa shape index (κ3) is 4.49. The Kier molecular flexibility index (Phi) is 6.15. The monoisotopic (exact) mass is 576 g/mol. The van der Waals surface area contributed by atoms with Crippen LogP contribution in [-0.2, 0) is 5.41 Å². The molecule has 0 fully saturated rings. The zero-order valence-corrected chi connectivity index (χ0v) is 25.0. The molecule has 1 heterocycles. The van der Waals surface area contributed by atoms with Gasteiger partial charge in [0.1, 0.15) is 0 Å². The van der Waals surface area contributed by atoms with E-state index in [2.05, 4.69) is 97.6 Å². The molecule has 0 saturated carbocycles. The van der Waals surface area contributed by atoms with Crippen LogP contribution >= 0.6 is 0 Å². The van der Waals surface area contributed by atoms with Crippen molar-refractivity contribution in [2.75, 3.05) is 0 Å². The third-order valence-corrected chi connectivity index (χ3v) is 8.94. The lowest BCUT2D eigenvalue weighted by molar-refractivity contribution is 0.660. The van der Waals surface area contributed by atoms with Gasteiger partial charge in [-0.05, 0) is 56.3 Å². The minimum atomic E-state index is -0.140. The maximum atomic E-state index is 7.60. The number of nitrogens with zero attached hydrogens (tertiary/aromatic N) is 4. The van der Waals surface area contributed by atoms with Crippen LogP contribution in [0.3, 0.4) is 0 Å². The molecule has 0 amide bonds. The van der Waals surface area contributed by atoms with Crippen LogP contribution in [-0.4, -0.2) is 15.0 Å². The lowest BCUT2D eigenvalue weighted by atomic mass is 9.82. The fourth-order valence-corrected chi connectivity index (χ4v) is 6.58. The SMILES string of the molecule is [C-]#[N+]c1ccc2c(c1)-c1c(-c3ccc(-c4nc(-c5ccccc5)nc(-c5ccc6ccccc6c5)n4)cc3)cccc1C2(C)C. The van der Waals surface area contributed by atoms with Gasteiger partial charge in [0, 0.05) is 22.1 Å². The van der Waals surface area contributed by atoms with Crippen molar-refractivity contribution < 1.29 is 0 Å². The van der Waals surface area contributed by atoms with Crippen LogP contribution in [0.5, 0.6) is 0 Å². The van der Waals surface area contributed by atoms with Gasteiger partial charge in [-0.2, -0.15) is 0 Å². The smallest absolute Gasteiger partial charge is 0.187 e. The highest BCUT2D eigenvalue weighted by Gasteiger charge is 2.36. The number of hydrogen-bond donors (Lipinski definition) is 0. The first-order valence-corrected chi connectivity index (χ1v) is 15.1. The zero-order valence-electron chi connectivity index (χ0n) is 25.0. The molecule has 4 heteroatoms. The van der Waals surface area contributed by atoms with Gasteiger partial charge in [0.05, 0.1) is 6.57 Å². The van der Waals surface area contributed by atoms with Crippen molar-refractivity contribution in [3.8, 4) is 56.4 Å². The van der Waals surface area contributed by atoms with E-state index in [1.54, 1.807) is 0 Å². The number of rotatable bonds is 4. The third-order valence-electron chi connectivity index (χ3n) is 8.94. The van der Waals surface area contributed by atoms with Gasteiger partial charge < -0.3 is 0 Å². The molecule has 0 aliphatic heterocycles. The lowest BCUT2D eigenvalue weighted by Gasteiger charge is -2.21. The molecule has 45 heavy (non-hydrogen) atoms. The summed E-state index contributed by atoms with van der Waals surface area (Å²) in [5, 5.41) is 2.32. The van der Waals surface area contributed by atoms with Crippen LogP contribution in [0.1, 0.15) is 25.0 Å². The Labute approximate surface area is 262 Å². The van der Waals surface area contributed by atoms with Crippen LogP contribution in [0.15, 0.2) is 133 Å². The molecule has 0 unspecified atom stereocenters. The van der Waals surface area contributed by atoms with Crippen LogP contribution in [0.4, 0.5) is 5.69 Å².